The van der Waals surface area contributed by atoms with Crippen LogP contribution in [0.25, 0.3) is 0 Å². The maximum absolute atomic E-state index is 12.8. The van der Waals surface area contributed by atoms with Crippen LogP contribution in [-0.4, -0.2) is 85.0 Å². The number of benzene rings is 1. The molecule has 1 amide bonds. The molecule has 0 bridgehead atoms. The van der Waals surface area contributed by atoms with Gasteiger partial charge in [0.2, 0.25) is 0 Å². The Labute approximate surface area is 186 Å². The minimum absolute atomic E-state index is 0.116. The van der Waals surface area contributed by atoms with Crippen molar-refractivity contribution in [3.05, 3.63) is 29.8 Å². The number of hydrogen-bond donors (Lipinski definition) is 1. The second-order valence-electron chi connectivity index (χ2n) is 8.04. The van der Waals surface area contributed by atoms with E-state index in [1.165, 1.54) is 12.8 Å². The Kier molecular flexibility index (Phi) is 8.91. The lowest BCUT2D eigenvalue weighted by Crippen LogP contribution is -2.54. The standard InChI is InChI=1S/C20H30N2O3.C2HF3O2/c1-4-25-18-7-5-6-16(14-18)19(23)22-12-10-20(11-13-22)9-8-17(15-24-3)21(20)2;3-2(4,5)1(6)7/h5-7,14,17H,4,8-13,15H2,1-3H3;(H,6,7). The first-order valence-corrected chi connectivity index (χ1v) is 10.6. The number of carbonyl (C=O) groups is 2. The summed E-state index contributed by atoms with van der Waals surface area (Å²) in [4.78, 5) is 26.2. The number of piperidine rings is 1. The van der Waals surface area contributed by atoms with Crippen LogP contribution in [0.5, 0.6) is 5.75 Å². The number of halogens is 3. The van der Waals surface area contributed by atoms with E-state index in [4.69, 9.17) is 19.4 Å². The Morgan fingerprint density at radius 2 is 1.84 bits per heavy atom. The average molecular weight is 460 g/mol. The van der Waals surface area contributed by atoms with Crippen LogP contribution in [0.4, 0.5) is 13.2 Å². The van der Waals surface area contributed by atoms with Gasteiger partial charge in [0.05, 0.1) is 13.2 Å². The number of amides is 1. The predicted molar refractivity (Wildman–Crippen MR) is 112 cm³/mol. The third-order valence-corrected chi connectivity index (χ3v) is 6.21. The highest BCUT2D eigenvalue weighted by molar-refractivity contribution is 5.94. The Morgan fingerprint density at radius 1 is 1.22 bits per heavy atom. The summed E-state index contributed by atoms with van der Waals surface area (Å²) >= 11 is 0. The van der Waals surface area contributed by atoms with Crippen LogP contribution < -0.4 is 4.74 Å². The maximum atomic E-state index is 12.8. The fourth-order valence-corrected chi connectivity index (χ4v) is 4.38. The lowest BCUT2D eigenvalue weighted by atomic mass is 9.85. The van der Waals surface area contributed by atoms with Crippen LogP contribution in [0.3, 0.4) is 0 Å². The molecule has 0 aromatic heterocycles. The van der Waals surface area contributed by atoms with Crippen LogP contribution in [0, 0.1) is 0 Å². The minimum Gasteiger partial charge on any atom is -0.494 e. The fourth-order valence-electron chi connectivity index (χ4n) is 4.38. The predicted octanol–water partition coefficient (Wildman–Crippen LogP) is 3.43. The maximum Gasteiger partial charge on any atom is 0.490 e. The van der Waals surface area contributed by atoms with E-state index >= 15 is 0 Å². The summed E-state index contributed by atoms with van der Waals surface area (Å²) in [5, 5.41) is 7.12. The zero-order chi connectivity index (χ0) is 23.9. The number of ether oxygens (including phenoxy) is 2. The van der Waals surface area contributed by atoms with Crippen molar-refractivity contribution in [2.24, 2.45) is 0 Å². The van der Waals surface area contributed by atoms with Crippen molar-refractivity contribution >= 4 is 11.9 Å². The minimum atomic E-state index is -5.08. The Bertz CT molecular complexity index is 779. The van der Waals surface area contributed by atoms with Gasteiger partial charge in [0.25, 0.3) is 5.91 Å². The van der Waals surface area contributed by atoms with Gasteiger partial charge in [-0.15, -0.1) is 0 Å². The van der Waals surface area contributed by atoms with Crippen molar-refractivity contribution in [2.45, 2.75) is 50.4 Å². The number of likely N-dealkylation sites (tertiary alicyclic amines) is 2. The normalized spacial score (nSPS) is 20.6. The van der Waals surface area contributed by atoms with Crippen molar-refractivity contribution in [3.63, 3.8) is 0 Å². The topological polar surface area (TPSA) is 79.3 Å². The molecule has 10 heteroatoms. The summed E-state index contributed by atoms with van der Waals surface area (Å²) in [6.45, 7) is 5.00. The number of nitrogens with zero attached hydrogens (tertiary/aromatic N) is 2. The van der Waals surface area contributed by atoms with Gasteiger partial charge in [-0.1, -0.05) is 6.07 Å². The molecule has 0 radical (unpaired) electrons. The van der Waals surface area contributed by atoms with Crippen LogP contribution in [0.15, 0.2) is 24.3 Å². The number of methoxy groups -OCH3 is 1. The summed E-state index contributed by atoms with van der Waals surface area (Å²) in [6.07, 6.45) is -0.602. The van der Waals surface area contributed by atoms with Gasteiger partial charge in [-0.3, -0.25) is 9.69 Å². The molecule has 1 unspecified atom stereocenters. The van der Waals surface area contributed by atoms with Crippen LogP contribution in [0.1, 0.15) is 43.0 Å². The number of carboxylic acids is 1. The Morgan fingerprint density at radius 3 is 2.38 bits per heavy atom. The van der Waals surface area contributed by atoms with Gasteiger partial charge in [0, 0.05) is 37.3 Å². The van der Waals surface area contributed by atoms with E-state index in [2.05, 4.69) is 11.9 Å². The first kappa shape index (κ1) is 25.9. The molecule has 2 saturated heterocycles. The van der Waals surface area contributed by atoms with Crippen molar-refractivity contribution in [3.8, 4) is 5.75 Å². The number of carboxylic acid groups (broad SMARTS) is 1. The first-order chi connectivity index (χ1) is 15.0. The molecular weight excluding hydrogens is 429 g/mol. The number of rotatable bonds is 5. The largest absolute Gasteiger partial charge is 0.494 e. The number of alkyl halides is 3. The van der Waals surface area contributed by atoms with Crippen LogP contribution >= 0.6 is 0 Å². The van der Waals surface area contributed by atoms with E-state index < -0.39 is 12.1 Å². The van der Waals surface area contributed by atoms with Crippen molar-refractivity contribution < 1.29 is 37.3 Å². The molecule has 0 saturated carbocycles. The Hall–Kier alpha value is -2.33. The number of carbonyl (C=O) groups excluding carboxylic acids is 1. The van der Waals surface area contributed by atoms with Gasteiger partial charge in [0.15, 0.2) is 0 Å². The van der Waals surface area contributed by atoms with E-state index in [0.717, 1.165) is 43.9 Å². The van der Waals surface area contributed by atoms with Crippen LogP contribution in [-0.2, 0) is 9.53 Å². The molecule has 2 aliphatic rings. The number of hydrogen-bond acceptors (Lipinski definition) is 5. The molecule has 2 fully saturated rings. The van der Waals surface area contributed by atoms with Gasteiger partial charge in [-0.2, -0.15) is 13.2 Å². The monoisotopic (exact) mass is 460 g/mol. The molecular formula is C22H31F3N2O5. The highest BCUT2D eigenvalue weighted by Crippen LogP contribution is 2.40. The molecule has 2 aliphatic heterocycles. The van der Waals surface area contributed by atoms with Gasteiger partial charge >= 0.3 is 12.1 Å². The summed E-state index contributed by atoms with van der Waals surface area (Å²) in [5.41, 5.74) is 0.964. The third kappa shape index (κ3) is 6.35. The van der Waals surface area contributed by atoms with Gasteiger partial charge in [-0.05, 0) is 57.9 Å². The zero-order valence-corrected chi connectivity index (χ0v) is 18.7. The average Bonchev–Trinajstić information content (AvgIpc) is 3.04. The van der Waals surface area contributed by atoms with E-state index in [0.29, 0.717) is 12.6 Å². The lowest BCUT2D eigenvalue weighted by Gasteiger charge is -2.45. The summed E-state index contributed by atoms with van der Waals surface area (Å²) < 4.78 is 42.6. The number of likely N-dealkylation sites (N-methyl/N-ethyl adjacent to an activating group) is 1. The molecule has 1 N–H and O–H groups in total. The third-order valence-electron chi connectivity index (χ3n) is 6.21. The van der Waals surface area contributed by atoms with E-state index in [-0.39, 0.29) is 11.4 Å². The fraction of sp³-hybridized carbons (Fsp3) is 0.636. The quantitative estimate of drug-likeness (QED) is 0.725. The smallest absolute Gasteiger partial charge is 0.490 e. The molecule has 1 aromatic rings. The van der Waals surface area contributed by atoms with Crippen LogP contribution in [0.2, 0.25) is 0 Å². The van der Waals surface area contributed by atoms with Crippen molar-refractivity contribution in [1.82, 2.24) is 9.80 Å². The molecule has 3 rings (SSSR count). The zero-order valence-electron chi connectivity index (χ0n) is 18.7. The van der Waals surface area contributed by atoms with Gasteiger partial charge < -0.3 is 19.5 Å². The molecule has 180 valence electrons. The lowest BCUT2D eigenvalue weighted by molar-refractivity contribution is -0.192. The van der Waals surface area contributed by atoms with E-state index in [1.54, 1.807) is 7.11 Å². The van der Waals surface area contributed by atoms with Crippen molar-refractivity contribution in [2.75, 3.05) is 40.5 Å². The molecule has 0 aliphatic carbocycles. The van der Waals surface area contributed by atoms with Crippen molar-refractivity contribution in [1.29, 1.82) is 0 Å². The molecule has 2 heterocycles. The molecule has 7 nitrogen and oxygen atoms in total. The summed E-state index contributed by atoms with van der Waals surface area (Å²) in [7, 11) is 4.00. The highest BCUT2D eigenvalue weighted by atomic mass is 19.4. The van der Waals surface area contributed by atoms with Gasteiger partial charge in [0.1, 0.15) is 5.75 Å². The van der Waals surface area contributed by atoms with E-state index in [9.17, 15) is 18.0 Å². The van der Waals surface area contributed by atoms with Gasteiger partial charge in [-0.25, -0.2) is 4.79 Å². The molecule has 1 atom stereocenters. The van der Waals surface area contributed by atoms with E-state index in [1.807, 2.05) is 36.1 Å². The second kappa shape index (κ2) is 11.0. The SMILES string of the molecule is CCOc1cccc(C(=O)N2CCC3(CCC(COC)N3C)CC2)c1.O=C(O)C(F)(F)F. The highest BCUT2D eigenvalue weighted by Gasteiger charge is 2.46. The second-order valence-corrected chi connectivity index (χ2v) is 8.04. The first-order valence-electron chi connectivity index (χ1n) is 10.6. The summed E-state index contributed by atoms with van der Waals surface area (Å²) in [5.74, 6) is -1.88. The number of aliphatic carboxylic acids is 1. The summed E-state index contributed by atoms with van der Waals surface area (Å²) in [6, 6.07) is 8.03. The Balaban J connectivity index is 0.000000451. The molecule has 32 heavy (non-hydrogen) atoms. The molecule has 1 aromatic carbocycles. The molecule has 1 spiro atoms.